The van der Waals surface area contributed by atoms with Gasteiger partial charge in [0.05, 0.1) is 5.82 Å². The summed E-state index contributed by atoms with van der Waals surface area (Å²) in [7, 11) is 1.96. The van der Waals surface area contributed by atoms with Gasteiger partial charge in [-0.05, 0) is 37.3 Å². The molecule has 2 nitrogen and oxygen atoms in total. The summed E-state index contributed by atoms with van der Waals surface area (Å²) in [6.45, 7) is 3.19. The first-order chi connectivity index (χ1) is 8.36. The van der Waals surface area contributed by atoms with Gasteiger partial charge in [0, 0.05) is 13.6 Å². The van der Waals surface area contributed by atoms with E-state index in [9.17, 15) is 0 Å². The number of hydrogen-bond acceptors (Lipinski definition) is 2. The smallest absolute Gasteiger partial charge is 0.0942 e. The molecule has 1 aromatic rings. The summed E-state index contributed by atoms with van der Waals surface area (Å²) >= 11 is 0. The predicted octanol–water partition coefficient (Wildman–Crippen LogP) is 3.07. The lowest BCUT2D eigenvalue weighted by Crippen LogP contribution is -2.24. The quantitative estimate of drug-likeness (QED) is 0.673. The second-order valence-electron chi connectivity index (χ2n) is 4.15. The first kappa shape index (κ1) is 13.6. The van der Waals surface area contributed by atoms with E-state index in [2.05, 4.69) is 54.0 Å². The van der Waals surface area contributed by atoms with Gasteiger partial charge >= 0.3 is 0 Å². The molecule has 1 aromatic carbocycles. The van der Waals surface area contributed by atoms with Gasteiger partial charge in [-0.3, -0.25) is 0 Å². The summed E-state index contributed by atoms with van der Waals surface area (Å²) in [6, 6.07) is 10.7. The highest BCUT2D eigenvalue weighted by Gasteiger charge is 1.94. The van der Waals surface area contributed by atoms with E-state index < -0.39 is 0 Å². The van der Waals surface area contributed by atoms with Gasteiger partial charge in [-0.15, -0.1) is 0 Å². The van der Waals surface area contributed by atoms with Crippen molar-refractivity contribution in [3.05, 3.63) is 47.8 Å². The van der Waals surface area contributed by atoms with E-state index in [1.165, 1.54) is 24.8 Å². The molecule has 0 heterocycles. The highest BCUT2D eigenvalue weighted by atomic mass is 15.1. The molecule has 0 aliphatic heterocycles. The second kappa shape index (κ2) is 8.68. The van der Waals surface area contributed by atoms with Gasteiger partial charge in [-0.1, -0.05) is 37.3 Å². The Labute approximate surface area is 105 Å². The van der Waals surface area contributed by atoms with Crippen LogP contribution in [0.3, 0.4) is 0 Å². The highest BCUT2D eigenvalue weighted by molar-refractivity contribution is 5.14. The molecule has 2 heteroatoms. The standard InChI is InChI=1S/C15H24N2/c1-3-9-15(16-2)17-13-8-7-12-14-10-5-4-6-11-14/h4-6,9-11,16-17H,3,7-8,12-13H2,1-2H3/b15-9-. The Bertz CT molecular complexity index is 317. The van der Waals surface area contributed by atoms with Gasteiger partial charge in [0.1, 0.15) is 0 Å². The summed E-state index contributed by atoms with van der Waals surface area (Å²) < 4.78 is 0. The molecule has 0 fully saturated rings. The van der Waals surface area contributed by atoms with Crippen molar-refractivity contribution in [2.75, 3.05) is 13.6 Å². The molecule has 0 aliphatic rings. The van der Waals surface area contributed by atoms with E-state index >= 15 is 0 Å². The number of rotatable bonds is 8. The third kappa shape index (κ3) is 6.00. The lowest BCUT2D eigenvalue weighted by Gasteiger charge is -2.10. The van der Waals surface area contributed by atoms with Gasteiger partial charge in [-0.2, -0.15) is 0 Å². The Morgan fingerprint density at radius 2 is 1.94 bits per heavy atom. The number of benzene rings is 1. The maximum atomic E-state index is 3.41. The summed E-state index contributed by atoms with van der Waals surface area (Å²) in [6.07, 6.45) is 6.86. The van der Waals surface area contributed by atoms with E-state index in [0.29, 0.717) is 0 Å². The third-order valence-corrected chi connectivity index (χ3v) is 2.73. The van der Waals surface area contributed by atoms with Crippen LogP contribution < -0.4 is 10.6 Å². The van der Waals surface area contributed by atoms with Crippen LogP contribution in [-0.2, 0) is 6.42 Å². The van der Waals surface area contributed by atoms with E-state index in [1.807, 2.05) is 7.05 Å². The van der Waals surface area contributed by atoms with E-state index in [4.69, 9.17) is 0 Å². The van der Waals surface area contributed by atoms with Crippen molar-refractivity contribution in [2.24, 2.45) is 0 Å². The van der Waals surface area contributed by atoms with E-state index in [-0.39, 0.29) is 0 Å². The zero-order valence-corrected chi connectivity index (χ0v) is 11.0. The molecule has 17 heavy (non-hydrogen) atoms. The third-order valence-electron chi connectivity index (χ3n) is 2.73. The molecule has 94 valence electrons. The molecule has 0 aromatic heterocycles. The predicted molar refractivity (Wildman–Crippen MR) is 74.8 cm³/mol. The minimum absolute atomic E-state index is 1.04. The Balaban J connectivity index is 2.10. The van der Waals surface area contributed by atoms with Crippen molar-refractivity contribution in [1.82, 2.24) is 10.6 Å². The SMILES string of the molecule is CC/C=C(/NC)NCCCCc1ccccc1. The molecule has 0 atom stereocenters. The van der Waals surface area contributed by atoms with Gasteiger partial charge in [0.2, 0.25) is 0 Å². The van der Waals surface area contributed by atoms with Crippen LogP contribution in [0.25, 0.3) is 0 Å². The van der Waals surface area contributed by atoms with Gasteiger partial charge in [0.15, 0.2) is 0 Å². The molecular formula is C15H24N2. The van der Waals surface area contributed by atoms with Crippen LogP contribution in [0.4, 0.5) is 0 Å². The Kier molecular flexibility index (Phi) is 6.96. The molecule has 0 unspecified atom stereocenters. The monoisotopic (exact) mass is 232 g/mol. The summed E-state index contributed by atoms with van der Waals surface area (Å²) in [5, 5.41) is 6.57. The summed E-state index contributed by atoms with van der Waals surface area (Å²) in [4.78, 5) is 0. The van der Waals surface area contributed by atoms with Crippen molar-refractivity contribution < 1.29 is 0 Å². The van der Waals surface area contributed by atoms with Crippen LogP contribution in [0.2, 0.25) is 0 Å². The number of allylic oxidation sites excluding steroid dienone is 1. The summed E-state index contributed by atoms with van der Waals surface area (Å²) in [5.41, 5.74) is 1.44. The molecule has 0 amide bonds. The van der Waals surface area contributed by atoms with Crippen LogP contribution in [0.15, 0.2) is 42.2 Å². The maximum absolute atomic E-state index is 3.41. The molecule has 1 rings (SSSR count). The fourth-order valence-corrected chi connectivity index (χ4v) is 1.79. The zero-order chi connectivity index (χ0) is 12.3. The molecular weight excluding hydrogens is 208 g/mol. The summed E-state index contributed by atoms with van der Waals surface area (Å²) in [5.74, 6) is 1.15. The fourth-order valence-electron chi connectivity index (χ4n) is 1.79. The topological polar surface area (TPSA) is 24.1 Å². The average molecular weight is 232 g/mol. The largest absolute Gasteiger partial charge is 0.375 e. The average Bonchev–Trinajstić information content (AvgIpc) is 2.38. The minimum Gasteiger partial charge on any atom is -0.375 e. The lowest BCUT2D eigenvalue weighted by molar-refractivity contribution is 0.650. The van der Waals surface area contributed by atoms with Crippen LogP contribution >= 0.6 is 0 Å². The Morgan fingerprint density at radius 3 is 2.59 bits per heavy atom. The van der Waals surface area contributed by atoms with Crippen molar-refractivity contribution in [1.29, 1.82) is 0 Å². The number of hydrogen-bond donors (Lipinski definition) is 2. The van der Waals surface area contributed by atoms with Crippen molar-refractivity contribution in [2.45, 2.75) is 32.6 Å². The molecule has 2 N–H and O–H groups in total. The first-order valence-corrected chi connectivity index (χ1v) is 6.52. The lowest BCUT2D eigenvalue weighted by atomic mass is 10.1. The zero-order valence-electron chi connectivity index (χ0n) is 11.0. The molecule has 0 saturated carbocycles. The Hall–Kier alpha value is -1.44. The number of aryl methyl sites for hydroxylation is 1. The van der Waals surface area contributed by atoms with Gasteiger partial charge < -0.3 is 10.6 Å². The van der Waals surface area contributed by atoms with Gasteiger partial charge in [-0.25, -0.2) is 0 Å². The van der Waals surface area contributed by atoms with E-state index in [0.717, 1.165) is 18.8 Å². The van der Waals surface area contributed by atoms with Crippen molar-refractivity contribution in [3.63, 3.8) is 0 Å². The van der Waals surface area contributed by atoms with E-state index in [1.54, 1.807) is 0 Å². The fraction of sp³-hybridized carbons (Fsp3) is 0.467. The number of unbranched alkanes of at least 4 members (excludes halogenated alkanes) is 1. The number of nitrogens with one attached hydrogen (secondary N) is 2. The molecule has 0 spiro atoms. The molecule has 0 aliphatic carbocycles. The van der Waals surface area contributed by atoms with Crippen molar-refractivity contribution >= 4 is 0 Å². The maximum Gasteiger partial charge on any atom is 0.0942 e. The van der Waals surface area contributed by atoms with Crippen LogP contribution in [0, 0.1) is 0 Å². The second-order valence-corrected chi connectivity index (χ2v) is 4.15. The van der Waals surface area contributed by atoms with Crippen LogP contribution in [-0.4, -0.2) is 13.6 Å². The normalized spacial score (nSPS) is 11.3. The molecule has 0 saturated heterocycles. The van der Waals surface area contributed by atoms with Gasteiger partial charge in [0.25, 0.3) is 0 Å². The van der Waals surface area contributed by atoms with Crippen LogP contribution in [0.1, 0.15) is 31.7 Å². The van der Waals surface area contributed by atoms with Crippen molar-refractivity contribution in [3.8, 4) is 0 Å². The Morgan fingerprint density at radius 1 is 1.18 bits per heavy atom. The minimum atomic E-state index is 1.04. The highest BCUT2D eigenvalue weighted by Crippen LogP contribution is 2.03. The first-order valence-electron chi connectivity index (χ1n) is 6.52. The molecule has 0 radical (unpaired) electrons. The molecule has 0 bridgehead atoms. The van der Waals surface area contributed by atoms with Crippen LogP contribution in [0.5, 0.6) is 0 Å².